The third kappa shape index (κ3) is 3.50. The van der Waals surface area contributed by atoms with Crippen molar-refractivity contribution in [3.05, 3.63) is 81.4 Å². The second kappa shape index (κ2) is 7.13. The van der Waals surface area contributed by atoms with Crippen LogP contribution in [0.2, 0.25) is 10.0 Å². The molecule has 0 aliphatic heterocycles. The van der Waals surface area contributed by atoms with Crippen molar-refractivity contribution in [1.29, 1.82) is 0 Å². The Labute approximate surface area is 181 Å². The molecule has 0 spiro atoms. The van der Waals surface area contributed by atoms with Crippen molar-refractivity contribution >= 4 is 46.4 Å². The number of phenolic OH excluding ortho intramolecular Hbond substituents is 2. The van der Waals surface area contributed by atoms with Gasteiger partial charge in [0, 0.05) is 5.41 Å². The van der Waals surface area contributed by atoms with Gasteiger partial charge < -0.3 is 20.4 Å². The zero-order valence-electron chi connectivity index (χ0n) is 14.5. The zero-order valence-corrected chi connectivity index (χ0v) is 17.5. The fourth-order valence-electron chi connectivity index (χ4n) is 3.11. The number of alkyl halides is 2. The number of rotatable bonds is 3. The summed E-state index contributed by atoms with van der Waals surface area (Å²) in [4.78, 5) is 0. The van der Waals surface area contributed by atoms with Crippen LogP contribution in [0.25, 0.3) is 0 Å². The lowest BCUT2D eigenvalue weighted by molar-refractivity contribution is -0.121. The maximum Gasteiger partial charge on any atom is 0.221 e. The van der Waals surface area contributed by atoms with Crippen LogP contribution < -0.4 is 0 Å². The molecule has 2 aromatic rings. The molecule has 0 saturated carbocycles. The predicted octanol–water partition coefficient (Wildman–Crippen LogP) is 5.06. The zero-order chi connectivity index (χ0) is 20.9. The summed E-state index contributed by atoms with van der Waals surface area (Å²) in [5, 5.41) is 39.9. The van der Waals surface area contributed by atoms with Crippen molar-refractivity contribution in [3.8, 4) is 11.5 Å². The highest BCUT2D eigenvalue weighted by Gasteiger charge is 2.48. The Morgan fingerprint density at radius 3 is 1.71 bits per heavy atom. The lowest BCUT2D eigenvalue weighted by Gasteiger charge is -2.39. The third-order valence-electron chi connectivity index (χ3n) is 4.95. The minimum Gasteiger partial charge on any atom is -0.506 e. The first-order valence-electron chi connectivity index (χ1n) is 8.11. The van der Waals surface area contributed by atoms with E-state index in [-0.39, 0.29) is 21.5 Å². The van der Waals surface area contributed by atoms with E-state index in [1.54, 1.807) is 24.3 Å². The van der Waals surface area contributed by atoms with Gasteiger partial charge >= 0.3 is 0 Å². The molecule has 0 radical (unpaired) electrons. The predicted molar refractivity (Wildman–Crippen MR) is 112 cm³/mol. The van der Waals surface area contributed by atoms with Crippen molar-refractivity contribution in [1.82, 2.24) is 0 Å². The van der Waals surface area contributed by atoms with E-state index in [9.17, 15) is 20.4 Å². The molecule has 2 aromatic carbocycles. The normalized spacial score (nSPS) is 18.0. The fraction of sp³-hybridized carbons (Fsp3) is 0.200. The summed E-state index contributed by atoms with van der Waals surface area (Å²) in [5.74, 6) is -2.63. The van der Waals surface area contributed by atoms with Crippen molar-refractivity contribution in [2.75, 3.05) is 0 Å². The third-order valence-corrected chi connectivity index (χ3v) is 6.33. The highest BCUT2D eigenvalue weighted by Crippen LogP contribution is 2.48. The fourth-order valence-corrected chi connectivity index (χ4v) is 3.84. The van der Waals surface area contributed by atoms with Gasteiger partial charge in [-0.2, -0.15) is 0 Å². The summed E-state index contributed by atoms with van der Waals surface area (Å²) in [5.41, 5.74) is 0.872. The first-order chi connectivity index (χ1) is 12.9. The van der Waals surface area contributed by atoms with Crippen molar-refractivity contribution < 1.29 is 20.4 Å². The molecular weight excluding hydrogens is 446 g/mol. The molecule has 0 atom stereocenters. The summed E-state index contributed by atoms with van der Waals surface area (Å²) in [7, 11) is 0. The van der Waals surface area contributed by atoms with E-state index in [4.69, 9.17) is 46.4 Å². The number of benzene rings is 2. The molecule has 0 heterocycles. The van der Waals surface area contributed by atoms with Gasteiger partial charge in [0.2, 0.25) is 5.79 Å². The summed E-state index contributed by atoms with van der Waals surface area (Å²) in [6, 6.07) is 9.39. The number of hydrogen-bond donors (Lipinski definition) is 4. The largest absolute Gasteiger partial charge is 0.506 e. The van der Waals surface area contributed by atoms with E-state index in [0.29, 0.717) is 16.7 Å². The van der Waals surface area contributed by atoms with Crippen molar-refractivity contribution in [2.45, 2.75) is 22.5 Å². The van der Waals surface area contributed by atoms with Gasteiger partial charge in [0.25, 0.3) is 0 Å². The van der Waals surface area contributed by atoms with E-state index >= 15 is 0 Å². The van der Waals surface area contributed by atoms with Crippen LogP contribution in [-0.2, 0) is 5.41 Å². The number of phenols is 2. The summed E-state index contributed by atoms with van der Waals surface area (Å²) < 4.78 is -2.01. The highest BCUT2D eigenvalue weighted by molar-refractivity contribution is 6.51. The molecule has 0 amide bonds. The Morgan fingerprint density at radius 1 is 0.857 bits per heavy atom. The monoisotopic (exact) mass is 460 g/mol. The van der Waals surface area contributed by atoms with Gasteiger partial charge in [0.05, 0.1) is 10.0 Å². The van der Waals surface area contributed by atoms with Gasteiger partial charge in [0.1, 0.15) is 11.5 Å². The van der Waals surface area contributed by atoms with E-state index < -0.39 is 15.5 Å². The lowest BCUT2D eigenvalue weighted by Crippen LogP contribution is -2.46. The minimum absolute atomic E-state index is 0.0848. The molecule has 4 N–H and O–H groups in total. The molecule has 0 saturated heterocycles. The van der Waals surface area contributed by atoms with Crippen molar-refractivity contribution in [3.63, 3.8) is 0 Å². The minimum atomic E-state index is -2.46. The lowest BCUT2D eigenvalue weighted by atomic mass is 9.69. The maximum absolute atomic E-state index is 10.0. The molecule has 3 rings (SSSR count). The topological polar surface area (TPSA) is 80.9 Å². The Bertz CT molecular complexity index is 944. The Balaban J connectivity index is 2.29. The van der Waals surface area contributed by atoms with Crippen LogP contribution in [0.4, 0.5) is 0 Å². The van der Waals surface area contributed by atoms with Crippen LogP contribution in [0.3, 0.4) is 0 Å². The first-order valence-corrected chi connectivity index (χ1v) is 9.63. The number of aliphatic hydroxyl groups is 2. The Hall–Kier alpha value is -1.40. The Kier molecular flexibility index (Phi) is 5.43. The van der Waals surface area contributed by atoms with Gasteiger partial charge in [-0.15, -0.1) is 0 Å². The number of aromatic hydroxyl groups is 2. The van der Waals surface area contributed by atoms with E-state index in [1.807, 2.05) is 6.92 Å². The van der Waals surface area contributed by atoms with Crippen LogP contribution >= 0.6 is 46.4 Å². The molecule has 28 heavy (non-hydrogen) atoms. The van der Waals surface area contributed by atoms with Crippen LogP contribution in [0, 0.1) is 0 Å². The summed E-state index contributed by atoms with van der Waals surface area (Å²) in [6.45, 7) is 1.83. The highest BCUT2D eigenvalue weighted by atomic mass is 35.5. The maximum atomic E-state index is 10.0. The second-order valence-corrected chi connectivity index (χ2v) is 8.94. The van der Waals surface area contributed by atoms with Crippen molar-refractivity contribution in [2.24, 2.45) is 0 Å². The molecule has 0 unspecified atom stereocenters. The van der Waals surface area contributed by atoms with Gasteiger partial charge in [-0.25, -0.2) is 0 Å². The molecule has 1 aliphatic carbocycles. The molecule has 8 heteroatoms. The first kappa shape index (κ1) is 21.3. The average Bonchev–Trinajstić information content (AvgIpc) is 2.61. The summed E-state index contributed by atoms with van der Waals surface area (Å²) >= 11 is 24.6. The quantitative estimate of drug-likeness (QED) is 0.380. The van der Waals surface area contributed by atoms with Gasteiger partial charge in [0.15, 0.2) is 4.33 Å². The SMILES string of the molecule is CC(C1=CC(Cl)(Cl)C(O)(O)C=C1)(c1ccc(O)c(Cl)c1)c1ccc(O)c(Cl)c1. The van der Waals surface area contributed by atoms with Crippen LogP contribution in [-0.4, -0.2) is 30.5 Å². The van der Waals surface area contributed by atoms with Crippen LogP contribution in [0.15, 0.2) is 60.2 Å². The van der Waals surface area contributed by atoms with Crippen LogP contribution in [0.1, 0.15) is 18.1 Å². The molecule has 1 aliphatic rings. The standard InChI is InChI=1S/C20H16Cl4O4/c1-18(11-2-4-16(25)14(21)8-11,12-3-5-17(26)15(22)9-12)13-6-7-20(27,28)19(23,24)10-13/h2-10,25-28H,1H3. The van der Waals surface area contributed by atoms with E-state index in [0.717, 1.165) is 6.08 Å². The molecular formula is C20H16Cl4O4. The number of hydrogen-bond acceptors (Lipinski definition) is 4. The van der Waals surface area contributed by atoms with E-state index in [1.165, 1.54) is 24.3 Å². The average molecular weight is 462 g/mol. The summed E-state index contributed by atoms with van der Waals surface area (Å²) in [6.07, 6.45) is 3.91. The molecule has 0 aromatic heterocycles. The number of allylic oxidation sites excluding steroid dienone is 2. The van der Waals surface area contributed by atoms with Gasteiger partial charge in [-0.3, -0.25) is 0 Å². The smallest absolute Gasteiger partial charge is 0.221 e. The second-order valence-electron chi connectivity index (χ2n) is 6.74. The number of halogens is 4. The molecule has 0 bridgehead atoms. The Morgan fingerprint density at radius 2 is 1.32 bits per heavy atom. The molecule has 4 nitrogen and oxygen atoms in total. The molecule has 0 fully saturated rings. The van der Waals surface area contributed by atoms with Gasteiger partial charge in [-0.05, 0) is 60.0 Å². The van der Waals surface area contributed by atoms with Gasteiger partial charge in [-0.1, -0.05) is 64.6 Å². The van der Waals surface area contributed by atoms with E-state index in [2.05, 4.69) is 0 Å². The van der Waals surface area contributed by atoms with Crippen LogP contribution in [0.5, 0.6) is 11.5 Å². The molecule has 148 valence electrons.